The minimum absolute atomic E-state index is 0.114. The van der Waals surface area contributed by atoms with E-state index in [0.717, 1.165) is 24.4 Å². The summed E-state index contributed by atoms with van der Waals surface area (Å²) in [6.07, 6.45) is 2.87. The topological polar surface area (TPSA) is 101 Å². The molecule has 0 bridgehead atoms. The van der Waals surface area contributed by atoms with E-state index in [4.69, 9.17) is 8.94 Å². The van der Waals surface area contributed by atoms with Crippen LogP contribution in [0.3, 0.4) is 0 Å². The Bertz CT molecular complexity index is 728. The second-order valence-corrected chi connectivity index (χ2v) is 6.70. The highest BCUT2D eigenvalue weighted by atomic mass is 16.5. The molecule has 2 N–H and O–H groups in total. The predicted molar refractivity (Wildman–Crippen MR) is 85.4 cm³/mol. The molecule has 1 amide bonds. The Morgan fingerprint density at radius 1 is 1.46 bits per heavy atom. The number of hydrogen-bond acceptors (Lipinski definition) is 6. The lowest BCUT2D eigenvalue weighted by molar-refractivity contribution is -0.122. The van der Waals surface area contributed by atoms with Crippen LogP contribution in [-0.4, -0.2) is 27.7 Å². The maximum Gasteiger partial charge on any atom is 0.227 e. The highest BCUT2D eigenvalue weighted by molar-refractivity contribution is 5.76. The number of aliphatic hydroxyl groups is 1. The van der Waals surface area contributed by atoms with Crippen LogP contribution in [0.15, 0.2) is 15.0 Å². The van der Waals surface area contributed by atoms with Gasteiger partial charge < -0.3 is 19.4 Å². The number of aromatic nitrogens is 2. The van der Waals surface area contributed by atoms with E-state index in [1.54, 1.807) is 19.9 Å². The number of furan rings is 1. The lowest BCUT2D eigenvalue weighted by Crippen LogP contribution is -2.38. The average Bonchev–Trinajstić information content (AvgIpc) is 3.16. The van der Waals surface area contributed by atoms with Gasteiger partial charge in [-0.05, 0) is 39.7 Å². The van der Waals surface area contributed by atoms with E-state index in [2.05, 4.69) is 15.5 Å². The Labute approximate surface area is 140 Å². The van der Waals surface area contributed by atoms with Crippen LogP contribution in [0.25, 0.3) is 0 Å². The second kappa shape index (κ2) is 6.39. The highest BCUT2D eigenvalue weighted by Gasteiger charge is 2.29. The van der Waals surface area contributed by atoms with Crippen molar-refractivity contribution >= 4 is 5.91 Å². The third-order valence-electron chi connectivity index (χ3n) is 4.24. The van der Waals surface area contributed by atoms with Gasteiger partial charge in [0.1, 0.15) is 17.1 Å². The molecule has 1 saturated carbocycles. The van der Waals surface area contributed by atoms with Gasteiger partial charge in [-0.25, -0.2) is 0 Å². The van der Waals surface area contributed by atoms with Crippen LogP contribution in [-0.2, 0) is 16.8 Å². The number of aryl methyl sites for hydroxylation is 3. The van der Waals surface area contributed by atoms with Gasteiger partial charge in [0, 0.05) is 24.3 Å². The molecule has 7 heteroatoms. The lowest BCUT2D eigenvalue weighted by atomic mass is 9.96. The zero-order valence-electron chi connectivity index (χ0n) is 14.3. The summed E-state index contributed by atoms with van der Waals surface area (Å²) in [5.74, 6) is 2.90. The maximum atomic E-state index is 12.0. The first-order valence-corrected chi connectivity index (χ1v) is 8.24. The normalized spacial score (nSPS) is 16.8. The van der Waals surface area contributed by atoms with Crippen molar-refractivity contribution in [2.24, 2.45) is 0 Å². The van der Waals surface area contributed by atoms with Crippen molar-refractivity contribution in [1.29, 1.82) is 0 Å². The Balaban J connectivity index is 1.48. The standard InChI is InChI=1S/C17H23N3O4/c1-10-8-13(11(2)23-10)17(3,22)9-18-14(21)6-7-15-19-16(20-24-15)12-4-5-12/h8,12,22H,4-7,9H2,1-3H3,(H,18,21). The van der Waals surface area contributed by atoms with Crippen molar-refractivity contribution in [3.8, 4) is 0 Å². The largest absolute Gasteiger partial charge is 0.466 e. The summed E-state index contributed by atoms with van der Waals surface area (Å²) in [6.45, 7) is 5.39. The minimum Gasteiger partial charge on any atom is -0.466 e. The maximum absolute atomic E-state index is 12.0. The first-order chi connectivity index (χ1) is 11.3. The zero-order chi connectivity index (χ0) is 17.3. The molecular weight excluding hydrogens is 310 g/mol. The molecule has 2 aromatic rings. The molecule has 1 atom stereocenters. The average molecular weight is 333 g/mol. The molecule has 1 fully saturated rings. The van der Waals surface area contributed by atoms with Gasteiger partial charge in [0.15, 0.2) is 5.82 Å². The van der Waals surface area contributed by atoms with Gasteiger partial charge in [-0.1, -0.05) is 5.16 Å². The molecule has 0 radical (unpaired) electrons. The van der Waals surface area contributed by atoms with Crippen LogP contribution in [0.2, 0.25) is 0 Å². The molecule has 1 aliphatic rings. The fourth-order valence-corrected chi connectivity index (χ4v) is 2.72. The predicted octanol–water partition coefficient (Wildman–Crippen LogP) is 2.11. The van der Waals surface area contributed by atoms with Gasteiger partial charge in [0.05, 0.1) is 6.54 Å². The monoisotopic (exact) mass is 333 g/mol. The molecule has 24 heavy (non-hydrogen) atoms. The molecule has 2 aromatic heterocycles. The smallest absolute Gasteiger partial charge is 0.227 e. The molecule has 1 aliphatic carbocycles. The third-order valence-corrected chi connectivity index (χ3v) is 4.24. The molecule has 1 unspecified atom stereocenters. The summed E-state index contributed by atoms with van der Waals surface area (Å²) >= 11 is 0. The summed E-state index contributed by atoms with van der Waals surface area (Å²) < 4.78 is 10.6. The van der Waals surface area contributed by atoms with E-state index in [9.17, 15) is 9.90 Å². The van der Waals surface area contributed by atoms with Crippen molar-refractivity contribution in [3.05, 3.63) is 34.9 Å². The molecule has 7 nitrogen and oxygen atoms in total. The number of amides is 1. The molecular formula is C17H23N3O4. The summed E-state index contributed by atoms with van der Waals surface area (Å²) in [6, 6.07) is 1.79. The Hall–Kier alpha value is -2.15. The van der Waals surface area contributed by atoms with Crippen molar-refractivity contribution in [1.82, 2.24) is 15.5 Å². The van der Waals surface area contributed by atoms with Crippen LogP contribution in [0.5, 0.6) is 0 Å². The summed E-state index contributed by atoms with van der Waals surface area (Å²) in [5, 5.41) is 17.2. The van der Waals surface area contributed by atoms with Crippen LogP contribution in [0.1, 0.15) is 60.9 Å². The van der Waals surface area contributed by atoms with E-state index < -0.39 is 5.60 Å². The third kappa shape index (κ3) is 3.84. The number of hydrogen-bond donors (Lipinski definition) is 2. The van der Waals surface area contributed by atoms with Gasteiger partial charge in [0.25, 0.3) is 0 Å². The summed E-state index contributed by atoms with van der Waals surface area (Å²) in [7, 11) is 0. The quantitative estimate of drug-likeness (QED) is 0.805. The SMILES string of the molecule is Cc1cc(C(C)(O)CNC(=O)CCc2nc(C3CC3)no2)c(C)o1. The lowest BCUT2D eigenvalue weighted by Gasteiger charge is -2.23. The summed E-state index contributed by atoms with van der Waals surface area (Å²) in [4.78, 5) is 16.3. The van der Waals surface area contributed by atoms with Crippen LogP contribution in [0.4, 0.5) is 0 Å². The Morgan fingerprint density at radius 3 is 2.83 bits per heavy atom. The van der Waals surface area contributed by atoms with Crippen molar-refractivity contribution < 1.29 is 18.8 Å². The van der Waals surface area contributed by atoms with Gasteiger partial charge in [0.2, 0.25) is 11.8 Å². The van der Waals surface area contributed by atoms with E-state index in [0.29, 0.717) is 29.6 Å². The molecule has 0 aliphatic heterocycles. The van der Waals surface area contributed by atoms with Crippen LogP contribution >= 0.6 is 0 Å². The molecule has 0 aromatic carbocycles. The van der Waals surface area contributed by atoms with Crippen molar-refractivity contribution in [3.63, 3.8) is 0 Å². The molecule has 0 saturated heterocycles. The second-order valence-electron chi connectivity index (χ2n) is 6.70. The number of carbonyl (C=O) groups excluding carboxylic acids is 1. The molecule has 3 rings (SSSR count). The molecule has 0 spiro atoms. The Morgan fingerprint density at radius 2 is 2.21 bits per heavy atom. The molecule has 130 valence electrons. The first kappa shape index (κ1) is 16.7. The van der Waals surface area contributed by atoms with E-state index >= 15 is 0 Å². The van der Waals surface area contributed by atoms with Gasteiger partial charge in [-0.2, -0.15) is 4.98 Å². The number of rotatable bonds is 7. The number of nitrogens with one attached hydrogen (secondary N) is 1. The highest BCUT2D eigenvalue weighted by Crippen LogP contribution is 2.38. The van der Waals surface area contributed by atoms with Gasteiger partial charge >= 0.3 is 0 Å². The van der Waals surface area contributed by atoms with Crippen molar-refractivity contribution in [2.75, 3.05) is 6.54 Å². The zero-order valence-corrected chi connectivity index (χ0v) is 14.3. The first-order valence-electron chi connectivity index (χ1n) is 8.24. The van der Waals surface area contributed by atoms with E-state index in [-0.39, 0.29) is 18.9 Å². The fraction of sp³-hybridized carbons (Fsp3) is 0.588. The van der Waals surface area contributed by atoms with Crippen LogP contribution < -0.4 is 5.32 Å². The fourth-order valence-electron chi connectivity index (χ4n) is 2.72. The van der Waals surface area contributed by atoms with Gasteiger partial charge in [-0.15, -0.1) is 0 Å². The molecule has 2 heterocycles. The van der Waals surface area contributed by atoms with E-state index in [1.165, 1.54) is 0 Å². The number of nitrogens with zero attached hydrogens (tertiary/aromatic N) is 2. The van der Waals surface area contributed by atoms with Gasteiger partial charge in [-0.3, -0.25) is 4.79 Å². The van der Waals surface area contributed by atoms with E-state index in [1.807, 2.05) is 6.92 Å². The summed E-state index contributed by atoms with van der Waals surface area (Å²) in [5.41, 5.74) is -0.493. The minimum atomic E-state index is -1.18. The number of carbonyl (C=O) groups is 1. The Kier molecular flexibility index (Phi) is 4.45. The van der Waals surface area contributed by atoms with Crippen LogP contribution in [0, 0.1) is 13.8 Å². The van der Waals surface area contributed by atoms with Crippen molar-refractivity contribution in [2.45, 2.75) is 58.0 Å².